The third kappa shape index (κ3) is 3.66. The van der Waals surface area contributed by atoms with E-state index >= 15 is 0 Å². The molecule has 2 rings (SSSR count). The fourth-order valence-corrected chi connectivity index (χ4v) is 2.62. The molecule has 0 fully saturated rings. The SMILES string of the molecule is CCc1ccc(NC(=O)C(C)c2nc(C(=O)O)cs2)cc1. The average molecular weight is 304 g/mol. The second-order valence-electron chi connectivity index (χ2n) is 4.64. The molecule has 0 saturated heterocycles. The van der Waals surface area contributed by atoms with E-state index in [1.54, 1.807) is 6.92 Å². The van der Waals surface area contributed by atoms with Gasteiger partial charge in [0.1, 0.15) is 5.01 Å². The van der Waals surface area contributed by atoms with Crippen LogP contribution in [0, 0.1) is 0 Å². The Morgan fingerprint density at radius 2 is 2.00 bits per heavy atom. The molecule has 2 N–H and O–H groups in total. The predicted octanol–water partition coefficient (Wildman–Crippen LogP) is 3.15. The molecule has 0 saturated carbocycles. The molecule has 1 amide bonds. The van der Waals surface area contributed by atoms with Gasteiger partial charge in [0.05, 0.1) is 5.92 Å². The molecule has 1 heterocycles. The summed E-state index contributed by atoms with van der Waals surface area (Å²) >= 11 is 1.18. The van der Waals surface area contributed by atoms with Gasteiger partial charge in [-0.15, -0.1) is 11.3 Å². The highest BCUT2D eigenvalue weighted by Crippen LogP contribution is 2.22. The number of benzene rings is 1. The number of nitrogens with zero attached hydrogens (tertiary/aromatic N) is 1. The molecule has 0 aliphatic rings. The lowest BCUT2D eigenvalue weighted by Gasteiger charge is -2.10. The summed E-state index contributed by atoms with van der Waals surface area (Å²) in [5, 5.41) is 13.6. The van der Waals surface area contributed by atoms with Crippen molar-refractivity contribution in [2.24, 2.45) is 0 Å². The van der Waals surface area contributed by atoms with Crippen LogP contribution in [-0.4, -0.2) is 22.0 Å². The number of aromatic carboxylic acids is 1. The number of aryl methyl sites for hydroxylation is 1. The highest BCUT2D eigenvalue weighted by Gasteiger charge is 2.20. The maximum absolute atomic E-state index is 12.2. The van der Waals surface area contributed by atoms with Crippen LogP contribution in [0.15, 0.2) is 29.6 Å². The molecule has 5 nitrogen and oxygen atoms in total. The fourth-order valence-electron chi connectivity index (χ4n) is 1.77. The van der Waals surface area contributed by atoms with Gasteiger partial charge in [0.25, 0.3) is 0 Å². The van der Waals surface area contributed by atoms with Crippen molar-refractivity contribution in [2.75, 3.05) is 5.32 Å². The van der Waals surface area contributed by atoms with Crippen LogP contribution in [0.25, 0.3) is 0 Å². The average Bonchev–Trinajstić information content (AvgIpc) is 2.97. The number of nitrogens with one attached hydrogen (secondary N) is 1. The molecule has 110 valence electrons. The van der Waals surface area contributed by atoms with E-state index in [2.05, 4.69) is 17.2 Å². The molecule has 2 aromatic rings. The topological polar surface area (TPSA) is 79.3 Å². The minimum Gasteiger partial charge on any atom is -0.476 e. The van der Waals surface area contributed by atoms with Gasteiger partial charge in [-0.25, -0.2) is 9.78 Å². The number of amides is 1. The second-order valence-corrected chi connectivity index (χ2v) is 5.53. The Labute approximate surface area is 126 Å². The highest BCUT2D eigenvalue weighted by atomic mass is 32.1. The zero-order chi connectivity index (χ0) is 15.4. The summed E-state index contributed by atoms with van der Waals surface area (Å²) in [5.41, 5.74) is 1.90. The van der Waals surface area contributed by atoms with Crippen molar-refractivity contribution in [1.82, 2.24) is 4.98 Å². The lowest BCUT2D eigenvalue weighted by Crippen LogP contribution is -2.18. The molecule has 21 heavy (non-hydrogen) atoms. The first-order valence-corrected chi connectivity index (χ1v) is 7.47. The van der Waals surface area contributed by atoms with E-state index in [0.29, 0.717) is 5.01 Å². The maximum Gasteiger partial charge on any atom is 0.355 e. The van der Waals surface area contributed by atoms with Gasteiger partial charge in [0, 0.05) is 11.1 Å². The second kappa shape index (κ2) is 6.49. The van der Waals surface area contributed by atoms with E-state index < -0.39 is 11.9 Å². The van der Waals surface area contributed by atoms with E-state index in [1.807, 2.05) is 24.3 Å². The van der Waals surface area contributed by atoms with Gasteiger partial charge in [-0.05, 0) is 31.0 Å². The number of rotatable bonds is 5. The van der Waals surface area contributed by atoms with Gasteiger partial charge in [-0.3, -0.25) is 4.79 Å². The Morgan fingerprint density at radius 1 is 1.33 bits per heavy atom. The Bertz CT molecular complexity index is 649. The summed E-state index contributed by atoms with van der Waals surface area (Å²) in [5.74, 6) is -1.78. The quantitative estimate of drug-likeness (QED) is 0.889. The number of carboxylic acid groups (broad SMARTS) is 1. The first kappa shape index (κ1) is 15.2. The number of aromatic nitrogens is 1. The summed E-state index contributed by atoms with van der Waals surface area (Å²) in [6.07, 6.45) is 0.946. The van der Waals surface area contributed by atoms with Crippen LogP contribution >= 0.6 is 11.3 Å². The first-order chi connectivity index (χ1) is 10.0. The number of carboxylic acids is 1. The number of carbonyl (C=O) groups is 2. The summed E-state index contributed by atoms with van der Waals surface area (Å²) in [6.45, 7) is 3.78. The molecule has 0 aliphatic heterocycles. The van der Waals surface area contributed by atoms with Crippen molar-refractivity contribution < 1.29 is 14.7 Å². The normalized spacial score (nSPS) is 11.9. The molecular formula is C15H16N2O3S. The van der Waals surface area contributed by atoms with Crippen molar-refractivity contribution in [2.45, 2.75) is 26.2 Å². The third-order valence-electron chi connectivity index (χ3n) is 3.13. The zero-order valence-corrected chi connectivity index (χ0v) is 12.6. The molecule has 1 unspecified atom stereocenters. The molecule has 1 aromatic heterocycles. The highest BCUT2D eigenvalue weighted by molar-refractivity contribution is 7.10. The lowest BCUT2D eigenvalue weighted by atomic mass is 10.1. The van der Waals surface area contributed by atoms with Crippen LogP contribution in [0.1, 0.15) is 40.8 Å². The fraction of sp³-hybridized carbons (Fsp3) is 0.267. The molecule has 0 bridgehead atoms. The van der Waals surface area contributed by atoms with E-state index in [-0.39, 0.29) is 11.6 Å². The van der Waals surface area contributed by atoms with Crippen LogP contribution in [0.2, 0.25) is 0 Å². The van der Waals surface area contributed by atoms with Crippen LogP contribution in [0.3, 0.4) is 0 Å². The minimum atomic E-state index is -1.08. The molecule has 0 spiro atoms. The van der Waals surface area contributed by atoms with Gasteiger partial charge in [0.15, 0.2) is 5.69 Å². The van der Waals surface area contributed by atoms with Crippen LogP contribution < -0.4 is 5.32 Å². The monoisotopic (exact) mass is 304 g/mol. The number of thiazole rings is 1. The first-order valence-electron chi connectivity index (χ1n) is 6.59. The molecule has 1 atom stereocenters. The molecule has 6 heteroatoms. The van der Waals surface area contributed by atoms with Crippen LogP contribution in [-0.2, 0) is 11.2 Å². The predicted molar refractivity (Wildman–Crippen MR) is 81.9 cm³/mol. The van der Waals surface area contributed by atoms with Crippen LogP contribution in [0.5, 0.6) is 0 Å². The molecule has 1 aromatic carbocycles. The van der Waals surface area contributed by atoms with Crippen molar-refractivity contribution in [1.29, 1.82) is 0 Å². The summed E-state index contributed by atoms with van der Waals surface area (Å²) in [7, 11) is 0. The summed E-state index contributed by atoms with van der Waals surface area (Å²) in [6, 6.07) is 7.64. The largest absolute Gasteiger partial charge is 0.476 e. The number of hydrogen-bond donors (Lipinski definition) is 2. The van der Waals surface area contributed by atoms with Crippen molar-refractivity contribution in [3.63, 3.8) is 0 Å². The number of anilines is 1. The number of carbonyl (C=O) groups excluding carboxylic acids is 1. The van der Waals surface area contributed by atoms with E-state index in [9.17, 15) is 9.59 Å². The smallest absolute Gasteiger partial charge is 0.355 e. The van der Waals surface area contributed by atoms with Crippen molar-refractivity contribution >= 4 is 28.9 Å². The molecule has 0 aliphatic carbocycles. The third-order valence-corrected chi connectivity index (χ3v) is 4.16. The molecule has 0 radical (unpaired) electrons. The van der Waals surface area contributed by atoms with Crippen LogP contribution in [0.4, 0.5) is 5.69 Å². The summed E-state index contributed by atoms with van der Waals surface area (Å²) in [4.78, 5) is 26.9. The Balaban J connectivity index is 2.05. The lowest BCUT2D eigenvalue weighted by molar-refractivity contribution is -0.117. The van der Waals surface area contributed by atoms with Gasteiger partial charge < -0.3 is 10.4 Å². The van der Waals surface area contributed by atoms with Crippen molar-refractivity contribution in [3.8, 4) is 0 Å². The van der Waals surface area contributed by atoms with E-state index in [0.717, 1.165) is 12.1 Å². The Kier molecular flexibility index (Phi) is 4.70. The molecular weight excluding hydrogens is 288 g/mol. The number of hydrogen-bond acceptors (Lipinski definition) is 4. The van der Waals surface area contributed by atoms with Gasteiger partial charge in [-0.1, -0.05) is 19.1 Å². The van der Waals surface area contributed by atoms with E-state index in [4.69, 9.17) is 5.11 Å². The van der Waals surface area contributed by atoms with E-state index in [1.165, 1.54) is 22.3 Å². The minimum absolute atomic E-state index is 0.0260. The van der Waals surface area contributed by atoms with Gasteiger partial charge in [0.2, 0.25) is 5.91 Å². The Hall–Kier alpha value is -2.21. The summed E-state index contributed by atoms with van der Waals surface area (Å²) < 4.78 is 0. The standard InChI is InChI=1S/C15H16N2O3S/c1-3-10-4-6-11(7-5-10)16-13(18)9(2)14-17-12(8-21-14)15(19)20/h4-9H,3H2,1-2H3,(H,16,18)(H,19,20). The zero-order valence-electron chi connectivity index (χ0n) is 11.8. The van der Waals surface area contributed by atoms with Crippen molar-refractivity contribution in [3.05, 3.63) is 45.9 Å². The maximum atomic E-state index is 12.2. The van der Waals surface area contributed by atoms with Gasteiger partial charge >= 0.3 is 5.97 Å². The Morgan fingerprint density at radius 3 is 2.52 bits per heavy atom. The van der Waals surface area contributed by atoms with Gasteiger partial charge in [-0.2, -0.15) is 0 Å².